The van der Waals surface area contributed by atoms with Gasteiger partial charge in [-0.15, -0.1) is 0 Å². The molecule has 1 N–H and O–H groups in total. The minimum absolute atomic E-state index is 0.00602. The van der Waals surface area contributed by atoms with Crippen LogP contribution in [-0.4, -0.2) is 11.1 Å². The zero-order valence-electron chi connectivity index (χ0n) is 12.2. The SMILES string of the molecule is Cc1ccc(C(C)C)cc1Oc1cccc(F)c1C(=O)O. The first-order valence-corrected chi connectivity index (χ1v) is 6.70. The first-order chi connectivity index (χ1) is 9.90. The average Bonchev–Trinajstić information content (AvgIpc) is 2.40. The predicted molar refractivity (Wildman–Crippen MR) is 78.7 cm³/mol. The second-order valence-corrected chi connectivity index (χ2v) is 5.20. The van der Waals surface area contributed by atoms with Gasteiger partial charge in [-0.25, -0.2) is 9.18 Å². The molecule has 21 heavy (non-hydrogen) atoms. The molecule has 110 valence electrons. The van der Waals surface area contributed by atoms with Gasteiger partial charge < -0.3 is 9.84 Å². The molecule has 0 aliphatic carbocycles. The molecule has 0 heterocycles. The van der Waals surface area contributed by atoms with Gasteiger partial charge in [-0.1, -0.05) is 32.0 Å². The van der Waals surface area contributed by atoms with E-state index in [1.807, 2.05) is 25.1 Å². The van der Waals surface area contributed by atoms with Crippen LogP contribution in [0.3, 0.4) is 0 Å². The number of carboxylic acids is 1. The normalized spacial score (nSPS) is 10.7. The number of carbonyl (C=O) groups is 1. The Hall–Kier alpha value is -2.36. The Kier molecular flexibility index (Phi) is 4.26. The molecule has 0 fully saturated rings. The quantitative estimate of drug-likeness (QED) is 0.883. The molecule has 0 saturated heterocycles. The van der Waals surface area contributed by atoms with E-state index in [9.17, 15) is 9.18 Å². The lowest BCUT2D eigenvalue weighted by Crippen LogP contribution is -2.04. The van der Waals surface area contributed by atoms with Gasteiger partial charge in [0.25, 0.3) is 0 Å². The zero-order chi connectivity index (χ0) is 15.6. The van der Waals surface area contributed by atoms with Gasteiger partial charge in [-0.05, 0) is 42.2 Å². The first-order valence-electron chi connectivity index (χ1n) is 6.70. The molecule has 2 aromatic carbocycles. The fourth-order valence-corrected chi connectivity index (χ4v) is 2.00. The van der Waals surface area contributed by atoms with E-state index in [0.717, 1.165) is 17.2 Å². The van der Waals surface area contributed by atoms with Crippen molar-refractivity contribution < 1.29 is 19.0 Å². The van der Waals surface area contributed by atoms with Crippen molar-refractivity contribution >= 4 is 5.97 Å². The number of rotatable bonds is 4. The fraction of sp³-hybridized carbons (Fsp3) is 0.235. The molecular formula is C17H17FO3. The predicted octanol–water partition coefficient (Wildman–Crippen LogP) is 4.75. The number of benzene rings is 2. The summed E-state index contributed by atoms with van der Waals surface area (Å²) >= 11 is 0. The highest BCUT2D eigenvalue weighted by atomic mass is 19.1. The van der Waals surface area contributed by atoms with Crippen LogP contribution >= 0.6 is 0 Å². The second kappa shape index (κ2) is 5.95. The van der Waals surface area contributed by atoms with Crippen LogP contribution < -0.4 is 4.74 Å². The van der Waals surface area contributed by atoms with E-state index in [-0.39, 0.29) is 5.75 Å². The third-order valence-electron chi connectivity index (χ3n) is 3.29. The monoisotopic (exact) mass is 288 g/mol. The molecule has 0 amide bonds. The molecule has 0 aliphatic rings. The Balaban J connectivity index is 2.46. The molecule has 0 radical (unpaired) electrons. The van der Waals surface area contributed by atoms with Crippen molar-refractivity contribution in [3.05, 3.63) is 58.9 Å². The van der Waals surface area contributed by atoms with E-state index in [2.05, 4.69) is 13.8 Å². The van der Waals surface area contributed by atoms with Crippen molar-refractivity contribution in [1.29, 1.82) is 0 Å². The molecule has 0 bridgehead atoms. The Morgan fingerprint density at radius 2 is 1.90 bits per heavy atom. The van der Waals surface area contributed by atoms with E-state index < -0.39 is 17.3 Å². The van der Waals surface area contributed by atoms with Crippen LogP contribution in [0.15, 0.2) is 36.4 Å². The fourth-order valence-electron chi connectivity index (χ4n) is 2.00. The maximum Gasteiger partial charge on any atom is 0.342 e. The van der Waals surface area contributed by atoms with Crippen molar-refractivity contribution in [2.45, 2.75) is 26.7 Å². The number of carboxylic acid groups (broad SMARTS) is 1. The number of halogens is 1. The van der Waals surface area contributed by atoms with Gasteiger partial charge in [0.2, 0.25) is 0 Å². The Morgan fingerprint density at radius 3 is 2.52 bits per heavy atom. The van der Waals surface area contributed by atoms with Crippen LogP contribution in [-0.2, 0) is 0 Å². The standard InChI is InChI=1S/C17H17FO3/c1-10(2)12-8-7-11(3)15(9-12)21-14-6-4-5-13(18)16(14)17(19)20/h4-10H,1-3H3,(H,19,20). The number of aromatic carboxylic acids is 1. The lowest BCUT2D eigenvalue weighted by Gasteiger charge is -2.14. The maximum absolute atomic E-state index is 13.7. The smallest absolute Gasteiger partial charge is 0.342 e. The molecule has 4 heteroatoms. The highest BCUT2D eigenvalue weighted by Crippen LogP contribution is 2.31. The number of ether oxygens (including phenoxy) is 1. The van der Waals surface area contributed by atoms with Crippen LogP contribution in [0.25, 0.3) is 0 Å². The molecule has 0 atom stereocenters. The summed E-state index contributed by atoms with van der Waals surface area (Å²) in [5.74, 6) is -1.29. The Labute approximate surface area is 123 Å². The Morgan fingerprint density at radius 1 is 1.19 bits per heavy atom. The van der Waals surface area contributed by atoms with E-state index >= 15 is 0 Å². The molecule has 3 nitrogen and oxygen atoms in total. The molecule has 0 aromatic heterocycles. The summed E-state index contributed by atoms with van der Waals surface area (Å²) < 4.78 is 19.3. The highest BCUT2D eigenvalue weighted by molar-refractivity contribution is 5.91. The van der Waals surface area contributed by atoms with Gasteiger partial charge in [0.1, 0.15) is 22.9 Å². The summed E-state index contributed by atoms with van der Waals surface area (Å²) in [6.07, 6.45) is 0. The van der Waals surface area contributed by atoms with Gasteiger partial charge in [0, 0.05) is 0 Å². The van der Waals surface area contributed by atoms with Crippen LogP contribution in [0.5, 0.6) is 11.5 Å². The number of aryl methyl sites for hydroxylation is 1. The summed E-state index contributed by atoms with van der Waals surface area (Å²) in [6.45, 7) is 5.97. The van der Waals surface area contributed by atoms with Crippen LogP contribution in [0, 0.1) is 12.7 Å². The average molecular weight is 288 g/mol. The summed E-state index contributed by atoms with van der Waals surface area (Å²) in [7, 11) is 0. The van der Waals surface area contributed by atoms with E-state index in [4.69, 9.17) is 9.84 Å². The second-order valence-electron chi connectivity index (χ2n) is 5.20. The van der Waals surface area contributed by atoms with Crippen molar-refractivity contribution in [3.8, 4) is 11.5 Å². The summed E-state index contributed by atoms with van der Waals surface area (Å²) in [4.78, 5) is 11.2. The number of hydrogen-bond donors (Lipinski definition) is 1. The van der Waals surface area contributed by atoms with Gasteiger partial charge in [-0.2, -0.15) is 0 Å². The van der Waals surface area contributed by atoms with Crippen molar-refractivity contribution in [2.24, 2.45) is 0 Å². The minimum Gasteiger partial charge on any atom is -0.477 e. The summed E-state index contributed by atoms with van der Waals surface area (Å²) in [6, 6.07) is 9.75. The molecule has 2 aromatic rings. The highest BCUT2D eigenvalue weighted by Gasteiger charge is 2.18. The third kappa shape index (κ3) is 3.21. The minimum atomic E-state index is -1.35. The van der Waals surface area contributed by atoms with Crippen LogP contribution in [0.4, 0.5) is 4.39 Å². The van der Waals surface area contributed by atoms with Crippen molar-refractivity contribution in [1.82, 2.24) is 0 Å². The van der Waals surface area contributed by atoms with Gasteiger partial charge in [0.05, 0.1) is 0 Å². The van der Waals surface area contributed by atoms with E-state index in [0.29, 0.717) is 11.7 Å². The molecule has 0 saturated carbocycles. The lowest BCUT2D eigenvalue weighted by molar-refractivity contribution is 0.0689. The van der Waals surface area contributed by atoms with Crippen LogP contribution in [0.1, 0.15) is 41.3 Å². The molecule has 0 unspecified atom stereocenters. The van der Waals surface area contributed by atoms with Crippen molar-refractivity contribution in [2.75, 3.05) is 0 Å². The summed E-state index contributed by atoms with van der Waals surface area (Å²) in [5, 5.41) is 9.12. The Bertz CT molecular complexity index is 678. The van der Waals surface area contributed by atoms with Crippen LogP contribution in [0.2, 0.25) is 0 Å². The van der Waals surface area contributed by atoms with Crippen molar-refractivity contribution in [3.63, 3.8) is 0 Å². The van der Waals surface area contributed by atoms with E-state index in [1.165, 1.54) is 12.1 Å². The molecular weight excluding hydrogens is 271 g/mol. The van der Waals surface area contributed by atoms with Gasteiger partial charge in [-0.3, -0.25) is 0 Å². The van der Waals surface area contributed by atoms with Gasteiger partial charge in [0.15, 0.2) is 0 Å². The zero-order valence-corrected chi connectivity index (χ0v) is 12.2. The largest absolute Gasteiger partial charge is 0.477 e. The number of hydrogen-bond acceptors (Lipinski definition) is 2. The molecule has 0 aliphatic heterocycles. The maximum atomic E-state index is 13.7. The first kappa shape index (κ1) is 15.0. The van der Waals surface area contributed by atoms with Gasteiger partial charge >= 0.3 is 5.97 Å². The lowest BCUT2D eigenvalue weighted by atomic mass is 10.0. The molecule has 2 rings (SSSR count). The summed E-state index contributed by atoms with van der Waals surface area (Å²) in [5.41, 5.74) is 1.48. The van der Waals surface area contributed by atoms with E-state index in [1.54, 1.807) is 0 Å². The third-order valence-corrected chi connectivity index (χ3v) is 3.29. The molecule has 0 spiro atoms. The topological polar surface area (TPSA) is 46.5 Å².